The molecule has 0 fully saturated rings. The molecule has 0 saturated heterocycles. The molecule has 1 aromatic rings. The molecule has 1 atom stereocenters. The number of anilines is 1. The minimum atomic E-state index is -0.132. The Labute approximate surface area is 102 Å². The van der Waals surface area contributed by atoms with E-state index in [1.165, 1.54) is 5.57 Å². The van der Waals surface area contributed by atoms with Gasteiger partial charge in [-0.25, -0.2) is 0 Å². The van der Waals surface area contributed by atoms with Crippen LogP contribution in [0.25, 0.3) is 0 Å². The van der Waals surface area contributed by atoms with Gasteiger partial charge in [0.15, 0.2) is 0 Å². The maximum atomic E-state index is 6.15. The highest BCUT2D eigenvalue weighted by atomic mass is 15.0. The van der Waals surface area contributed by atoms with Crippen molar-refractivity contribution >= 4 is 5.69 Å². The Kier molecular flexibility index (Phi) is 3.96. The molecule has 1 unspecified atom stereocenters. The van der Waals surface area contributed by atoms with Crippen LogP contribution in [-0.2, 0) is 6.54 Å². The van der Waals surface area contributed by atoms with E-state index >= 15 is 0 Å². The van der Waals surface area contributed by atoms with E-state index in [2.05, 4.69) is 23.5 Å². The summed E-state index contributed by atoms with van der Waals surface area (Å²) in [5, 5.41) is 3.33. The molecule has 5 N–H and O–H groups in total. The highest BCUT2D eigenvalue weighted by molar-refractivity contribution is 5.53. The monoisotopic (exact) mass is 229 g/mol. The summed E-state index contributed by atoms with van der Waals surface area (Å²) in [6.07, 6.45) is 8.27. The topological polar surface area (TPSA) is 64.1 Å². The van der Waals surface area contributed by atoms with Crippen LogP contribution in [0.5, 0.6) is 0 Å². The Hall–Kier alpha value is -1.58. The summed E-state index contributed by atoms with van der Waals surface area (Å²) in [6, 6.07) is 8.01. The first-order chi connectivity index (χ1) is 8.31. The van der Waals surface area contributed by atoms with Crippen LogP contribution in [0.15, 0.2) is 48.1 Å². The quantitative estimate of drug-likeness (QED) is 0.693. The van der Waals surface area contributed by atoms with Gasteiger partial charge in [-0.3, -0.25) is 0 Å². The van der Waals surface area contributed by atoms with E-state index in [1.807, 2.05) is 24.3 Å². The molecule has 3 nitrogen and oxygen atoms in total. The molecular weight excluding hydrogens is 210 g/mol. The number of hydrogen-bond donors (Lipinski definition) is 3. The summed E-state index contributed by atoms with van der Waals surface area (Å²) in [6.45, 7) is 0.523. The van der Waals surface area contributed by atoms with Gasteiger partial charge in [0.05, 0.1) is 6.17 Å². The van der Waals surface area contributed by atoms with Gasteiger partial charge >= 0.3 is 0 Å². The normalized spacial score (nSPS) is 16.5. The van der Waals surface area contributed by atoms with Crippen LogP contribution < -0.4 is 16.8 Å². The Morgan fingerprint density at radius 2 is 2.12 bits per heavy atom. The number of nitrogens with two attached hydrogens (primary N) is 2. The third kappa shape index (κ3) is 2.96. The second kappa shape index (κ2) is 5.66. The molecule has 0 spiro atoms. The van der Waals surface area contributed by atoms with Crippen molar-refractivity contribution in [3.63, 3.8) is 0 Å². The summed E-state index contributed by atoms with van der Waals surface area (Å²) >= 11 is 0. The van der Waals surface area contributed by atoms with E-state index < -0.39 is 0 Å². The number of allylic oxidation sites excluding steroid dienone is 3. The van der Waals surface area contributed by atoms with Crippen molar-refractivity contribution in [2.45, 2.75) is 25.6 Å². The highest BCUT2D eigenvalue weighted by Crippen LogP contribution is 2.19. The lowest BCUT2D eigenvalue weighted by molar-refractivity contribution is 0.791. The Balaban J connectivity index is 2.09. The van der Waals surface area contributed by atoms with E-state index in [4.69, 9.17) is 11.5 Å². The number of rotatable bonds is 4. The molecule has 17 heavy (non-hydrogen) atoms. The molecule has 90 valence electrons. The summed E-state index contributed by atoms with van der Waals surface area (Å²) in [5.41, 5.74) is 15.2. The maximum absolute atomic E-state index is 6.15. The third-order valence-corrected chi connectivity index (χ3v) is 2.99. The molecule has 0 amide bonds. The fraction of sp³-hybridized carbons (Fsp3) is 0.286. The predicted octanol–water partition coefficient (Wildman–Crippen LogP) is 2.12. The van der Waals surface area contributed by atoms with Gasteiger partial charge in [-0.05, 0) is 30.0 Å². The number of para-hydroxylation sites is 1. The Morgan fingerprint density at radius 1 is 1.29 bits per heavy atom. The second-order valence-electron chi connectivity index (χ2n) is 4.19. The average Bonchev–Trinajstić information content (AvgIpc) is 2.40. The molecule has 0 aliphatic heterocycles. The molecule has 0 radical (unpaired) electrons. The van der Waals surface area contributed by atoms with Crippen LogP contribution in [0.4, 0.5) is 5.69 Å². The fourth-order valence-corrected chi connectivity index (χ4v) is 1.98. The van der Waals surface area contributed by atoms with Gasteiger partial charge in [0.25, 0.3) is 0 Å². The largest absolute Gasteiger partial charge is 0.366 e. The van der Waals surface area contributed by atoms with Crippen LogP contribution in [0.3, 0.4) is 0 Å². The van der Waals surface area contributed by atoms with Crippen molar-refractivity contribution in [2.75, 3.05) is 5.32 Å². The van der Waals surface area contributed by atoms with E-state index in [-0.39, 0.29) is 6.17 Å². The standard InChI is InChI=1S/C14H19N3/c15-10-12-8-4-5-9-13(12)17-14(16)11-6-2-1-3-7-11/h1-2,4-6,8-9,14,17H,3,7,10,15-16H2. The third-order valence-electron chi connectivity index (χ3n) is 2.99. The van der Waals surface area contributed by atoms with E-state index in [1.54, 1.807) is 0 Å². The van der Waals surface area contributed by atoms with Crippen molar-refractivity contribution in [3.8, 4) is 0 Å². The van der Waals surface area contributed by atoms with E-state index in [9.17, 15) is 0 Å². The maximum Gasteiger partial charge on any atom is 0.0968 e. The minimum Gasteiger partial charge on any atom is -0.366 e. The lowest BCUT2D eigenvalue weighted by Crippen LogP contribution is -2.32. The first kappa shape index (κ1) is 11.9. The molecule has 0 heterocycles. The molecule has 1 aromatic carbocycles. The van der Waals surface area contributed by atoms with Crippen molar-refractivity contribution < 1.29 is 0 Å². The van der Waals surface area contributed by atoms with Crippen molar-refractivity contribution in [1.82, 2.24) is 0 Å². The number of nitrogens with one attached hydrogen (secondary N) is 1. The zero-order valence-electron chi connectivity index (χ0n) is 9.89. The van der Waals surface area contributed by atoms with Crippen molar-refractivity contribution in [2.24, 2.45) is 11.5 Å². The van der Waals surface area contributed by atoms with Gasteiger partial charge in [0, 0.05) is 12.2 Å². The number of hydrogen-bond acceptors (Lipinski definition) is 3. The fourth-order valence-electron chi connectivity index (χ4n) is 1.98. The molecule has 1 aliphatic carbocycles. The van der Waals surface area contributed by atoms with Crippen LogP contribution >= 0.6 is 0 Å². The van der Waals surface area contributed by atoms with E-state index in [0.29, 0.717) is 6.54 Å². The molecule has 0 aromatic heterocycles. The summed E-state index contributed by atoms with van der Waals surface area (Å²) < 4.78 is 0. The lowest BCUT2D eigenvalue weighted by Gasteiger charge is -2.21. The average molecular weight is 229 g/mol. The molecular formula is C14H19N3. The molecule has 0 saturated carbocycles. The smallest absolute Gasteiger partial charge is 0.0968 e. The van der Waals surface area contributed by atoms with Gasteiger partial charge < -0.3 is 16.8 Å². The van der Waals surface area contributed by atoms with Gasteiger partial charge in [-0.1, -0.05) is 36.4 Å². The SMILES string of the molecule is NCc1ccccc1NC(N)C1=CC=CCC1. The van der Waals surface area contributed by atoms with Gasteiger partial charge in [0.2, 0.25) is 0 Å². The molecule has 2 rings (SSSR count). The predicted molar refractivity (Wildman–Crippen MR) is 72.4 cm³/mol. The van der Waals surface area contributed by atoms with Gasteiger partial charge in [-0.15, -0.1) is 0 Å². The second-order valence-corrected chi connectivity index (χ2v) is 4.19. The highest BCUT2D eigenvalue weighted by Gasteiger charge is 2.11. The first-order valence-electron chi connectivity index (χ1n) is 5.97. The summed E-state index contributed by atoms with van der Waals surface area (Å²) in [4.78, 5) is 0. The van der Waals surface area contributed by atoms with Crippen LogP contribution in [0.2, 0.25) is 0 Å². The molecule has 1 aliphatic rings. The Morgan fingerprint density at radius 3 is 2.82 bits per heavy atom. The molecule has 3 heteroatoms. The van der Waals surface area contributed by atoms with Crippen LogP contribution in [0, 0.1) is 0 Å². The Bertz CT molecular complexity index is 435. The first-order valence-corrected chi connectivity index (χ1v) is 5.97. The zero-order chi connectivity index (χ0) is 12.1. The minimum absolute atomic E-state index is 0.132. The van der Waals surface area contributed by atoms with Crippen LogP contribution in [-0.4, -0.2) is 6.17 Å². The van der Waals surface area contributed by atoms with Gasteiger partial charge in [-0.2, -0.15) is 0 Å². The van der Waals surface area contributed by atoms with Gasteiger partial charge in [0.1, 0.15) is 0 Å². The van der Waals surface area contributed by atoms with Crippen molar-refractivity contribution in [3.05, 3.63) is 53.6 Å². The number of benzene rings is 1. The van der Waals surface area contributed by atoms with Crippen molar-refractivity contribution in [1.29, 1.82) is 0 Å². The zero-order valence-corrected chi connectivity index (χ0v) is 9.89. The van der Waals surface area contributed by atoms with Crippen LogP contribution in [0.1, 0.15) is 18.4 Å². The summed E-state index contributed by atoms with van der Waals surface area (Å²) in [5.74, 6) is 0. The summed E-state index contributed by atoms with van der Waals surface area (Å²) in [7, 11) is 0. The van der Waals surface area contributed by atoms with E-state index in [0.717, 1.165) is 24.1 Å². The lowest BCUT2D eigenvalue weighted by atomic mass is 10.0. The molecule has 0 bridgehead atoms.